The van der Waals surface area contributed by atoms with Crippen LogP contribution in [0.15, 0.2) is 0 Å². The Morgan fingerprint density at radius 3 is 2.36 bits per heavy atom. The summed E-state index contributed by atoms with van der Waals surface area (Å²) in [5.74, 6) is 0. The Bertz CT molecular complexity index is 177. The van der Waals surface area contributed by atoms with E-state index in [0.29, 0.717) is 13.0 Å². The first-order valence-electron chi connectivity index (χ1n) is 4.55. The molecule has 0 heterocycles. The zero-order chi connectivity index (χ0) is 10.9. The van der Waals surface area contributed by atoms with Crippen molar-refractivity contribution < 1.29 is 23.6 Å². The topological polar surface area (TPSA) is 102 Å². The van der Waals surface area contributed by atoms with E-state index in [2.05, 4.69) is 9.05 Å². The minimum atomic E-state index is -4.02. The van der Waals surface area contributed by atoms with E-state index in [1.165, 1.54) is 0 Å². The van der Waals surface area contributed by atoms with E-state index in [9.17, 15) is 4.57 Å². The summed E-state index contributed by atoms with van der Waals surface area (Å²) in [6, 6.07) is 0. The molecule has 0 fully saturated rings. The summed E-state index contributed by atoms with van der Waals surface area (Å²) >= 11 is 0. The number of hydrogen-bond acceptors (Lipinski definition) is 5. The second kappa shape index (κ2) is 8.35. The van der Waals surface area contributed by atoms with Gasteiger partial charge in [-0.15, -0.1) is 0 Å². The maximum Gasteiger partial charge on any atom is 0.474 e. The van der Waals surface area contributed by atoms with Crippen LogP contribution in [0.1, 0.15) is 25.7 Å². The van der Waals surface area contributed by atoms with Crippen molar-refractivity contribution in [3.8, 4) is 0 Å². The van der Waals surface area contributed by atoms with Crippen LogP contribution >= 0.6 is 7.82 Å². The van der Waals surface area contributed by atoms with Crippen LogP contribution in [0.4, 0.5) is 0 Å². The quantitative estimate of drug-likeness (QED) is 0.302. The highest BCUT2D eigenvalue weighted by molar-refractivity contribution is 7.47. The van der Waals surface area contributed by atoms with E-state index in [4.69, 9.17) is 15.7 Å². The third kappa shape index (κ3) is 8.62. The summed E-state index contributed by atoms with van der Waals surface area (Å²) in [7, 11) is -4.02. The van der Waals surface area contributed by atoms with Gasteiger partial charge in [0.15, 0.2) is 6.79 Å². The molecular weight excluding hydrogens is 209 g/mol. The summed E-state index contributed by atoms with van der Waals surface area (Å²) in [5, 5.41) is 8.23. The molecule has 0 saturated carbocycles. The Kier molecular flexibility index (Phi) is 8.37. The van der Waals surface area contributed by atoms with Gasteiger partial charge in [0.1, 0.15) is 0 Å². The molecule has 0 aromatic carbocycles. The summed E-state index contributed by atoms with van der Waals surface area (Å²) in [6.07, 6.45) is 3.51. The van der Waals surface area contributed by atoms with Gasteiger partial charge in [-0.1, -0.05) is 12.8 Å². The van der Waals surface area contributed by atoms with Crippen LogP contribution in [-0.4, -0.2) is 29.9 Å². The Labute approximate surface area is 83.6 Å². The molecule has 0 amide bonds. The van der Waals surface area contributed by atoms with Crippen molar-refractivity contribution in [2.24, 2.45) is 5.73 Å². The number of rotatable bonds is 9. The highest BCUT2D eigenvalue weighted by atomic mass is 31.2. The number of nitrogens with two attached hydrogens (primary N) is 1. The monoisotopic (exact) mass is 227 g/mol. The Balaban J connectivity index is 3.30. The highest BCUT2D eigenvalue weighted by Crippen LogP contribution is 2.42. The molecule has 0 aliphatic carbocycles. The van der Waals surface area contributed by atoms with Crippen LogP contribution in [0.5, 0.6) is 0 Å². The predicted octanol–water partition coefficient (Wildman–Crippen LogP) is 0.589. The van der Waals surface area contributed by atoms with Crippen LogP contribution < -0.4 is 5.73 Å². The normalized spacial score (nSPS) is 15.4. The van der Waals surface area contributed by atoms with Crippen molar-refractivity contribution in [3.63, 3.8) is 0 Å². The molecule has 0 saturated heterocycles. The fraction of sp³-hybridized carbons (Fsp3) is 1.00. The smallest absolute Gasteiger partial charge is 0.370 e. The minimum absolute atomic E-state index is 0.151. The van der Waals surface area contributed by atoms with Gasteiger partial charge in [0.25, 0.3) is 0 Å². The lowest BCUT2D eigenvalue weighted by Gasteiger charge is -2.09. The van der Waals surface area contributed by atoms with Crippen molar-refractivity contribution in [2.75, 3.05) is 19.9 Å². The van der Waals surface area contributed by atoms with Gasteiger partial charge in [-0.05, 0) is 19.4 Å². The van der Waals surface area contributed by atoms with E-state index in [1.54, 1.807) is 0 Å². The number of aliphatic hydroxyl groups is 1. The molecule has 1 unspecified atom stereocenters. The first-order chi connectivity index (χ1) is 6.62. The molecule has 1 atom stereocenters. The molecule has 0 spiro atoms. The van der Waals surface area contributed by atoms with Crippen molar-refractivity contribution in [3.05, 3.63) is 0 Å². The highest BCUT2D eigenvalue weighted by Gasteiger charge is 2.19. The zero-order valence-electron chi connectivity index (χ0n) is 8.09. The summed E-state index contributed by atoms with van der Waals surface area (Å²) in [5.41, 5.74) is 5.29. The van der Waals surface area contributed by atoms with Crippen molar-refractivity contribution >= 4 is 7.82 Å². The van der Waals surface area contributed by atoms with Crippen LogP contribution in [-0.2, 0) is 13.6 Å². The van der Waals surface area contributed by atoms with E-state index in [-0.39, 0.29) is 6.61 Å². The predicted molar refractivity (Wildman–Crippen MR) is 51.5 cm³/mol. The van der Waals surface area contributed by atoms with Crippen molar-refractivity contribution in [1.82, 2.24) is 0 Å². The van der Waals surface area contributed by atoms with Gasteiger partial charge in [0.05, 0.1) is 6.61 Å². The van der Waals surface area contributed by atoms with Crippen LogP contribution in [0.25, 0.3) is 0 Å². The molecule has 6 nitrogen and oxygen atoms in total. The van der Waals surface area contributed by atoms with E-state index < -0.39 is 14.6 Å². The molecular formula is C7H18NO5P. The molecule has 0 bridgehead atoms. The average molecular weight is 227 g/mol. The molecule has 14 heavy (non-hydrogen) atoms. The van der Waals surface area contributed by atoms with E-state index in [1.807, 2.05) is 0 Å². The number of unbranched alkanes of at least 4 members (excludes halogenated alkanes) is 3. The fourth-order valence-corrected chi connectivity index (χ4v) is 1.47. The Morgan fingerprint density at radius 2 is 1.79 bits per heavy atom. The SMILES string of the molecule is NCCCCCCOP(=O)(O)OCO. The van der Waals surface area contributed by atoms with Gasteiger partial charge < -0.3 is 15.7 Å². The van der Waals surface area contributed by atoms with Gasteiger partial charge in [-0.3, -0.25) is 9.05 Å². The molecule has 0 aliphatic rings. The van der Waals surface area contributed by atoms with Crippen LogP contribution in [0, 0.1) is 0 Å². The maximum absolute atomic E-state index is 10.8. The van der Waals surface area contributed by atoms with Gasteiger partial charge in [0.2, 0.25) is 0 Å². The first kappa shape index (κ1) is 14.0. The van der Waals surface area contributed by atoms with Crippen molar-refractivity contribution in [1.29, 1.82) is 0 Å². The molecule has 0 aromatic rings. The van der Waals surface area contributed by atoms with Crippen LogP contribution in [0.3, 0.4) is 0 Å². The third-order valence-electron chi connectivity index (χ3n) is 1.57. The molecule has 0 rings (SSSR count). The van der Waals surface area contributed by atoms with Crippen molar-refractivity contribution in [2.45, 2.75) is 25.7 Å². The molecule has 4 N–H and O–H groups in total. The van der Waals surface area contributed by atoms with Crippen LogP contribution in [0.2, 0.25) is 0 Å². The maximum atomic E-state index is 10.8. The summed E-state index contributed by atoms with van der Waals surface area (Å²) in [6.45, 7) is -0.00766. The number of phosphoric acid groups is 1. The molecule has 0 radical (unpaired) electrons. The second-order valence-corrected chi connectivity index (χ2v) is 4.22. The fourth-order valence-electron chi connectivity index (χ4n) is 0.890. The largest absolute Gasteiger partial charge is 0.474 e. The van der Waals surface area contributed by atoms with Gasteiger partial charge >= 0.3 is 7.82 Å². The Morgan fingerprint density at radius 1 is 1.14 bits per heavy atom. The molecule has 7 heteroatoms. The average Bonchev–Trinajstić information content (AvgIpc) is 2.11. The lowest BCUT2D eigenvalue weighted by Crippen LogP contribution is -2.00. The standard InChI is InChI=1S/C7H18NO5P/c8-5-3-1-2-4-6-12-14(10,11)13-7-9/h9H,1-8H2,(H,10,11). The zero-order valence-corrected chi connectivity index (χ0v) is 8.99. The van der Waals surface area contributed by atoms with Gasteiger partial charge in [0, 0.05) is 0 Å². The van der Waals surface area contributed by atoms with E-state index >= 15 is 0 Å². The lowest BCUT2D eigenvalue weighted by atomic mass is 10.2. The first-order valence-corrected chi connectivity index (χ1v) is 6.04. The van der Waals surface area contributed by atoms with Gasteiger partial charge in [-0.25, -0.2) is 4.57 Å². The Hall–Kier alpha value is 0.0300. The second-order valence-electron chi connectivity index (χ2n) is 2.76. The molecule has 86 valence electrons. The minimum Gasteiger partial charge on any atom is -0.370 e. The lowest BCUT2D eigenvalue weighted by molar-refractivity contribution is 0.0516. The third-order valence-corrected chi connectivity index (χ3v) is 2.52. The molecule has 0 aliphatic heterocycles. The van der Waals surface area contributed by atoms with Gasteiger partial charge in [-0.2, -0.15) is 0 Å². The number of phosphoric ester groups is 1. The number of hydrogen-bond donors (Lipinski definition) is 3. The molecule has 0 aromatic heterocycles. The number of aliphatic hydroxyl groups excluding tert-OH is 1. The van der Waals surface area contributed by atoms with E-state index in [0.717, 1.165) is 19.3 Å². The summed E-state index contributed by atoms with van der Waals surface area (Å²) in [4.78, 5) is 8.85. The summed E-state index contributed by atoms with van der Waals surface area (Å²) < 4.78 is 19.5.